The number of hydrogen-bond acceptors (Lipinski definition) is 4. The molecule has 0 bridgehead atoms. The smallest absolute Gasteiger partial charge is 0.145 e. The second-order valence-electron chi connectivity index (χ2n) is 4.22. The molecule has 0 saturated carbocycles. The number of fused-ring (bicyclic) bond motifs is 1. The SMILES string of the molecule is Nc1cnn(CCOc2cccc3cccnc23)c1. The molecule has 2 N–H and O–H groups in total. The number of pyridine rings is 1. The quantitative estimate of drug-likeness (QED) is 0.774. The van der Waals surface area contributed by atoms with E-state index in [-0.39, 0.29) is 0 Å². The third-order valence-corrected chi connectivity index (χ3v) is 2.83. The second kappa shape index (κ2) is 4.97. The van der Waals surface area contributed by atoms with E-state index in [1.165, 1.54) is 0 Å². The van der Waals surface area contributed by atoms with E-state index in [0.717, 1.165) is 16.7 Å². The molecular formula is C14H14N4O. The molecule has 5 heteroatoms. The van der Waals surface area contributed by atoms with E-state index in [0.29, 0.717) is 18.8 Å². The van der Waals surface area contributed by atoms with Gasteiger partial charge in [0.15, 0.2) is 0 Å². The number of ether oxygens (including phenoxy) is 1. The molecule has 0 fully saturated rings. The van der Waals surface area contributed by atoms with Gasteiger partial charge in [-0.2, -0.15) is 5.10 Å². The first-order valence-corrected chi connectivity index (χ1v) is 6.07. The Balaban J connectivity index is 1.71. The van der Waals surface area contributed by atoms with E-state index in [9.17, 15) is 0 Å². The molecule has 5 nitrogen and oxygen atoms in total. The van der Waals surface area contributed by atoms with E-state index < -0.39 is 0 Å². The van der Waals surface area contributed by atoms with Crippen LogP contribution in [-0.2, 0) is 6.54 Å². The van der Waals surface area contributed by atoms with Gasteiger partial charge in [-0.15, -0.1) is 0 Å². The summed E-state index contributed by atoms with van der Waals surface area (Å²) in [6, 6.07) is 9.84. The zero-order valence-electron chi connectivity index (χ0n) is 10.4. The molecule has 1 aromatic carbocycles. The number of aromatic nitrogens is 3. The second-order valence-corrected chi connectivity index (χ2v) is 4.22. The number of para-hydroxylation sites is 1. The van der Waals surface area contributed by atoms with Crippen LogP contribution in [0.1, 0.15) is 0 Å². The van der Waals surface area contributed by atoms with Gasteiger partial charge < -0.3 is 10.5 Å². The lowest BCUT2D eigenvalue weighted by Gasteiger charge is -2.08. The maximum Gasteiger partial charge on any atom is 0.145 e. The lowest BCUT2D eigenvalue weighted by Crippen LogP contribution is -2.08. The molecule has 0 aliphatic heterocycles. The molecular weight excluding hydrogens is 240 g/mol. The number of nitrogens with zero attached hydrogens (tertiary/aromatic N) is 3. The van der Waals surface area contributed by atoms with Crippen LogP contribution in [0.2, 0.25) is 0 Å². The third kappa shape index (κ3) is 2.49. The highest BCUT2D eigenvalue weighted by Crippen LogP contribution is 2.22. The van der Waals surface area contributed by atoms with Gasteiger partial charge in [0, 0.05) is 17.8 Å². The molecule has 19 heavy (non-hydrogen) atoms. The van der Waals surface area contributed by atoms with Gasteiger partial charge in [0.25, 0.3) is 0 Å². The van der Waals surface area contributed by atoms with Crippen molar-refractivity contribution in [2.75, 3.05) is 12.3 Å². The Hall–Kier alpha value is -2.56. The van der Waals surface area contributed by atoms with Gasteiger partial charge in [0.1, 0.15) is 17.9 Å². The number of anilines is 1. The standard InChI is InChI=1S/C14H14N4O/c15-12-9-17-18(10-12)7-8-19-13-5-1-3-11-4-2-6-16-14(11)13/h1-6,9-10H,7-8,15H2. The summed E-state index contributed by atoms with van der Waals surface area (Å²) in [4.78, 5) is 4.34. The Morgan fingerprint density at radius 1 is 1.21 bits per heavy atom. The summed E-state index contributed by atoms with van der Waals surface area (Å²) < 4.78 is 7.53. The molecule has 2 heterocycles. The average molecular weight is 254 g/mol. The number of rotatable bonds is 4. The summed E-state index contributed by atoms with van der Waals surface area (Å²) >= 11 is 0. The van der Waals surface area contributed by atoms with Gasteiger partial charge in [0.2, 0.25) is 0 Å². The summed E-state index contributed by atoms with van der Waals surface area (Å²) in [5.41, 5.74) is 7.14. The fraction of sp³-hybridized carbons (Fsp3) is 0.143. The molecule has 0 spiro atoms. The topological polar surface area (TPSA) is 66.0 Å². The highest BCUT2D eigenvalue weighted by atomic mass is 16.5. The Kier molecular flexibility index (Phi) is 3.02. The summed E-state index contributed by atoms with van der Waals surface area (Å²) in [5.74, 6) is 0.790. The number of nitrogens with two attached hydrogens (primary N) is 1. The van der Waals surface area contributed by atoms with E-state index in [2.05, 4.69) is 10.1 Å². The maximum atomic E-state index is 5.77. The summed E-state index contributed by atoms with van der Waals surface area (Å²) in [6.45, 7) is 1.18. The molecule has 3 rings (SSSR count). The first kappa shape index (κ1) is 11.5. The Labute approximate surface area is 110 Å². The molecule has 3 aromatic rings. The van der Waals surface area contributed by atoms with Crippen molar-refractivity contribution >= 4 is 16.6 Å². The van der Waals surface area contributed by atoms with Gasteiger partial charge in [-0.05, 0) is 12.1 Å². The maximum absolute atomic E-state index is 5.77. The van der Waals surface area contributed by atoms with Crippen molar-refractivity contribution in [3.8, 4) is 5.75 Å². The van der Waals surface area contributed by atoms with E-state index in [1.807, 2.05) is 30.3 Å². The Bertz CT molecular complexity index is 687. The van der Waals surface area contributed by atoms with Crippen LogP contribution in [0.25, 0.3) is 10.9 Å². The molecule has 0 saturated heterocycles. The van der Waals surface area contributed by atoms with Crippen LogP contribution in [0.4, 0.5) is 5.69 Å². The predicted molar refractivity (Wildman–Crippen MR) is 73.9 cm³/mol. The van der Waals surface area contributed by atoms with Crippen molar-refractivity contribution < 1.29 is 4.74 Å². The monoisotopic (exact) mass is 254 g/mol. The number of benzene rings is 1. The van der Waals surface area contributed by atoms with Crippen molar-refractivity contribution in [1.82, 2.24) is 14.8 Å². The first-order chi connectivity index (χ1) is 9.33. The van der Waals surface area contributed by atoms with Gasteiger partial charge in [-0.1, -0.05) is 18.2 Å². The van der Waals surface area contributed by atoms with Crippen LogP contribution in [0, 0.1) is 0 Å². The number of nitrogen functional groups attached to an aromatic ring is 1. The van der Waals surface area contributed by atoms with E-state index in [1.54, 1.807) is 23.3 Å². The van der Waals surface area contributed by atoms with Crippen molar-refractivity contribution in [1.29, 1.82) is 0 Å². The van der Waals surface area contributed by atoms with Crippen molar-refractivity contribution in [2.45, 2.75) is 6.54 Å². The molecule has 0 unspecified atom stereocenters. The lowest BCUT2D eigenvalue weighted by atomic mass is 10.2. The van der Waals surface area contributed by atoms with Crippen LogP contribution >= 0.6 is 0 Å². The fourth-order valence-corrected chi connectivity index (χ4v) is 1.94. The van der Waals surface area contributed by atoms with Gasteiger partial charge in [0.05, 0.1) is 18.4 Å². The molecule has 2 aromatic heterocycles. The van der Waals surface area contributed by atoms with Crippen molar-refractivity contribution in [3.05, 3.63) is 48.9 Å². The zero-order chi connectivity index (χ0) is 13.1. The lowest BCUT2D eigenvalue weighted by molar-refractivity contribution is 0.294. The molecule has 96 valence electrons. The van der Waals surface area contributed by atoms with Crippen LogP contribution in [0.15, 0.2) is 48.9 Å². The van der Waals surface area contributed by atoms with E-state index >= 15 is 0 Å². The summed E-state index contributed by atoms with van der Waals surface area (Å²) in [7, 11) is 0. The minimum Gasteiger partial charge on any atom is -0.489 e. The number of hydrogen-bond donors (Lipinski definition) is 1. The Morgan fingerprint density at radius 2 is 2.11 bits per heavy atom. The molecule has 0 aliphatic rings. The molecule has 0 aliphatic carbocycles. The zero-order valence-corrected chi connectivity index (χ0v) is 10.4. The van der Waals surface area contributed by atoms with Gasteiger partial charge >= 0.3 is 0 Å². The van der Waals surface area contributed by atoms with Gasteiger partial charge in [-0.25, -0.2) is 0 Å². The largest absolute Gasteiger partial charge is 0.489 e. The van der Waals surface area contributed by atoms with Crippen LogP contribution in [0.3, 0.4) is 0 Å². The summed E-state index contributed by atoms with van der Waals surface area (Å²) in [6.07, 6.45) is 5.17. The van der Waals surface area contributed by atoms with Crippen LogP contribution in [0.5, 0.6) is 5.75 Å². The molecule has 0 atom stereocenters. The van der Waals surface area contributed by atoms with Gasteiger partial charge in [-0.3, -0.25) is 9.67 Å². The van der Waals surface area contributed by atoms with Crippen LogP contribution in [-0.4, -0.2) is 21.4 Å². The summed E-state index contributed by atoms with van der Waals surface area (Å²) in [5, 5.41) is 5.18. The third-order valence-electron chi connectivity index (χ3n) is 2.83. The Morgan fingerprint density at radius 3 is 2.95 bits per heavy atom. The van der Waals surface area contributed by atoms with Crippen molar-refractivity contribution in [2.24, 2.45) is 0 Å². The van der Waals surface area contributed by atoms with Crippen molar-refractivity contribution in [3.63, 3.8) is 0 Å². The van der Waals surface area contributed by atoms with Crippen LogP contribution < -0.4 is 10.5 Å². The highest BCUT2D eigenvalue weighted by molar-refractivity contribution is 5.84. The first-order valence-electron chi connectivity index (χ1n) is 6.07. The minimum absolute atomic E-state index is 0.525. The fourth-order valence-electron chi connectivity index (χ4n) is 1.94. The van der Waals surface area contributed by atoms with E-state index in [4.69, 9.17) is 10.5 Å². The minimum atomic E-state index is 0.525. The molecule has 0 amide bonds. The average Bonchev–Trinajstić information content (AvgIpc) is 2.85. The normalized spacial score (nSPS) is 10.7. The predicted octanol–water partition coefficient (Wildman–Crippen LogP) is 2.09. The molecule has 0 radical (unpaired) electrons. The highest BCUT2D eigenvalue weighted by Gasteiger charge is 2.02.